The SMILES string of the molecule is C=C/C(=C\C1CCCNC1)C/C=C(\C=C)C1=CCC=C(/C=C\C(=C)/C(C)=C(/NNC)c2cccc(C)n2)C(C)=C1. The van der Waals surface area contributed by atoms with Gasteiger partial charge in [0.15, 0.2) is 0 Å². The molecule has 3 rings (SSSR count). The van der Waals surface area contributed by atoms with Crippen molar-refractivity contribution in [2.75, 3.05) is 20.1 Å². The highest BCUT2D eigenvalue weighted by atomic mass is 15.3. The fourth-order valence-corrected chi connectivity index (χ4v) is 4.97. The quantitative estimate of drug-likeness (QED) is 0.189. The zero-order chi connectivity index (χ0) is 28.9. The number of hydrazine groups is 1. The summed E-state index contributed by atoms with van der Waals surface area (Å²) in [5.74, 6) is 0.589. The molecule has 1 unspecified atom stereocenters. The van der Waals surface area contributed by atoms with E-state index >= 15 is 0 Å². The van der Waals surface area contributed by atoms with Gasteiger partial charge < -0.3 is 10.7 Å². The smallest absolute Gasteiger partial charge is 0.0880 e. The molecule has 1 fully saturated rings. The zero-order valence-corrected chi connectivity index (χ0v) is 24.8. The second-order valence-corrected chi connectivity index (χ2v) is 10.4. The van der Waals surface area contributed by atoms with Crippen LogP contribution in [-0.2, 0) is 0 Å². The van der Waals surface area contributed by atoms with Crippen LogP contribution >= 0.6 is 0 Å². The van der Waals surface area contributed by atoms with Crippen LogP contribution in [0.3, 0.4) is 0 Å². The Balaban J connectivity index is 1.75. The first kappa shape index (κ1) is 30.8. The third-order valence-electron chi connectivity index (χ3n) is 7.38. The van der Waals surface area contributed by atoms with Gasteiger partial charge in [-0.15, -0.1) is 0 Å². The van der Waals surface area contributed by atoms with Gasteiger partial charge in [0.1, 0.15) is 0 Å². The fraction of sp³-hybridized carbons (Fsp3) is 0.306. The Labute approximate surface area is 242 Å². The molecule has 0 bridgehead atoms. The highest BCUT2D eigenvalue weighted by molar-refractivity contribution is 5.69. The van der Waals surface area contributed by atoms with Crippen molar-refractivity contribution < 1.29 is 0 Å². The summed E-state index contributed by atoms with van der Waals surface area (Å²) >= 11 is 0. The third-order valence-corrected chi connectivity index (χ3v) is 7.38. The van der Waals surface area contributed by atoms with Crippen LogP contribution in [0.25, 0.3) is 5.70 Å². The summed E-state index contributed by atoms with van der Waals surface area (Å²) in [5, 5.41) is 3.50. The second-order valence-electron chi connectivity index (χ2n) is 10.4. The van der Waals surface area contributed by atoms with Crippen molar-refractivity contribution in [2.45, 2.75) is 46.5 Å². The maximum absolute atomic E-state index is 4.69. The van der Waals surface area contributed by atoms with E-state index in [-0.39, 0.29) is 0 Å². The van der Waals surface area contributed by atoms with E-state index in [0.717, 1.165) is 59.7 Å². The molecule has 210 valence electrons. The largest absolute Gasteiger partial charge is 0.319 e. The van der Waals surface area contributed by atoms with E-state index in [2.05, 4.69) is 97.3 Å². The van der Waals surface area contributed by atoms with Gasteiger partial charge in [0.2, 0.25) is 0 Å². The number of nitrogens with zero attached hydrogens (tertiary/aromatic N) is 1. The number of piperidine rings is 1. The van der Waals surface area contributed by atoms with Gasteiger partial charge in [0, 0.05) is 19.3 Å². The van der Waals surface area contributed by atoms with Crippen molar-refractivity contribution in [1.29, 1.82) is 0 Å². The van der Waals surface area contributed by atoms with Crippen molar-refractivity contribution in [3.05, 3.63) is 143 Å². The van der Waals surface area contributed by atoms with E-state index in [1.54, 1.807) is 0 Å². The number of hydrogen-bond acceptors (Lipinski definition) is 4. The Morgan fingerprint density at radius 1 is 1.18 bits per heavy atom. The van der Waals surface area contributed by atoms with Crippen molar-refractivity contribution in [1.82, 2.24) is 21.2 Å². The Kier molecular flexibility index (Phi) is 12.1. The van der Waals surface area contributed by atoms with Gasteiger partial charge in [0.25, 0.3) is 0 Å². The Morgan fingerprint density at radius 2 is 2.00 bits per heavy atom. The highest BCUT2D eigenvalue weighted by Crippen LogP contribution is 2.27. The summed E-state index contributed by atoms with van der Waals surface area (Å²) in [6.07, 6.45) is 23.9. The normalized spacial score (nSPS) is 19.2. The van der Waals surface area contributed by atoms with Crippen molar-refractivity contribution >= 4 is 5.70 Å². The summed E-state index contributed by atoms with van der Waals surface area (Å²) < 4.78 is 0. The summed E-state index contributed by atoms with van der Waals surface area (Å²) in [4.78, 5) is 4.69. The topological polar surface area (TPSA) is 49.0 Å². The molecule has 2 heterocycles. The first-order valence-electron chi connectivity index (χ1n) is 14.3. The van der Waals surface area contributed by atoms with Gasteiger partial charge in [-0.3, -0.25) is 4.98 Å². The molecule has 0 amide bonds. The van der Waals surface area contributed by atoms with Gasteiger partial charge in [-0.2, -0.15) is 0 Å². The van der Waals surface area contributed by atoms with Crippen LogP contribution in [0.4, 0.5) is 0 Å². The zero-order valence-electron chi connectivity index (χ0n) is 24.8. The van der Waals surface area contributed by atoms with E-state index in [9.17, 15) is 0 Å². The lowest BCUT2D eigenvalue weighted by molar-refractivity contribution is 0.437. The predicted octanol–water partition coefficient (Wildman–Crippen LogP) is 7.77. The van der Waals surface area contributed by atoms with Gasteiger partial charge in [0.05, 0.1) is 11.4 Å². The minimum atomic E-state index is 0.589. The van der Waals surface area contributed by atoms with Gasteiger partial charge in [-0.25, -0.2) is 5.43 Å². The molecule has 40 heavy (non-hydrogen) atoms. The molecule has 4 nitrogen and oxygen atoms in total. The average Bonchev–Trinajstić information content (AvgIpc) is 3.15. The minimum absolute atomic E-state index is 0.589. The first-order valence-corrected chi connectivity index (χ1v) is 14.3. The molecule has 1 saturated heterocycles. The molecule has 0 saturated carbocycles. The first-order chi connectivity index (χ1) is 19.4. The molecule has 4 heteroatoms. The molecule has 0 aromatic carbocycles. The Bertz CT molecular complexity index is 1300. The maximum atomic E-state index is 4.69. The third kappa shape index (κ3) is 8.90. The van der Waals surface area contributed by atoms with Gasteiger partial charge >= 0.3 is 0 Å². The van der Waals surface area contributed by atoms with Crippen LogP contribution in [0.5, 0.6) is 0 Å². The molecule has 1 aliphatic carbocycles. The van der Waals surface area contributed by atoms with E-state index < -0.39 is 0 Å². The van der Waals surface area contributed by atoms with Gasteiger partial charge in [-0.1, -0.05) is 80.5 Å². The number of pyridine rings is 1. The van der Waals surface area contributed by atoms with E-state index in [1.165, 1.54) is 35.1 Å². The summed E-state index contributed by atoms with van der Waals surface area (Å²) in [6.45, 7) is 20.9. The van der Waals surface area contributed by atoms with Crippen molar-refractivity contribution in [3.63, 3.8) is 0 Å². The molecule has 0 radical (unpaired) electrons. The lowest BCUT2D eigenvalue weighted by atomic mass is 9.94. The predicted molar refractivity (Wildman–Crippen MR) is 173 cm³/mol. The molecule has 0 spiro atoms. The number of aryl methyl sites for hydroxylation is 1. The monoisotopic (exact) mass is 534 g/mol. The van der Waals surface area contributed by atoms with Crippen LogP contribution in [-0.4, -0.2) is 25.1 Å². The van der Waals surface area contributed by atoms with Crippen LogP contribution in [0.15, 0.2) is 132 Å². The lowest BCUT2D eigenvalue weighted by Gasteiger charge is -2.20. The number of aromatic nitrogens is 1. The molecule has 1 atom stereocenters. The molecule has 1 aromatic heterocycles. The summed E-state index contributed by atoms with van der Waals surface area (Å²) in [6, 6.07) is 6.02. The molecular weight excluding hydrogens is 488 g/mol. The number of allylic oxidation sites excluding steroid dienone is 15. The average molecular weight is 535 g/mol. The standard InChI is InChI=1S/C36H46N4/c1-8-30(24-31-14-12-22-38-25-31)19-21-32(9-2)34-16-11-15-33(27(4)23-34)20-18-26(3)29(6)36(40-37-7)35-17-10-13-28(5)39-35/h8-10,13,15-18,20-21,23-24,31,37-38,40H,1-3,11-12,14,19,22,25H2,4-7H3/b20-18-,30-24+,32-21+,36-29+. The fourth-order valence-electron chi connectivity index (χ4n) is 4.97. The van der Waals surface area contributed by atoms with Crippen molar-refractivity contribution in [2.24, 2.45) is 5.92 Å². The Hall–Kier alpha value is -3.73. The number of nitrogens with one attached hydrogen (secondary N) is 3. The molecule has 3 N–H and O–H groups in total. The van der Waals surface area contributed by atoms with Crippen LogP contribution in [0.1, 0.15) is 50.9 Å². The maximum Gasteiger partial charge on any atom is 0.0880 e. The van der Waals surface area contributed by atoms with E-state index in [4.69, 9.17) is 0 Å². The lowest BCUT2D eigenvalue weighted by Crippen LogP contribution is -2.28. The summed E-state index contributed by atoms with van der Waals surface area (Å²) in [5.41, 5.74) is 17.1. The van der Waals surface area contributed by atoms with Crippen LogP contribution < -0.4 is 16.2 Å². The van der Waals surface area contributed by atoms with E-state index in [0.29, 0.717) is 5.92 Å². The summed E-state index contributed by atoms with van der Waals surface area (Å²) in [7, 11) is 1.85. The van der Waals surface area contributed by atoms with Crippen LogP contribution in [0, 0.1) is 12.8 Å². The number of rotatable bonds is 12. The number of hydrogen-bond donors (Lipinski definition) is 3. The van der Waals surface area contributed by atoms with Gasteiger partial charge in [-0.05, 0) is 110 Å². The highest BCUT2D eigenvalue weighted by Gasteiger charge is 2.12. The second kappa shape index (κ2) is 15.8. The molecule has 1 aliphatic heterocycles. The Morgan fingerprint density at radius 3 is 2.67 bits per heavy atom. The molecule has 2 aliphatic rings. The van der Waals surface area contributed by atoms with Crippen LogP contribution in [0.2, 0.25) is 0 Å². The van der Waals surface area contributed by atoms with Crippen molar-refractivity contribution in [3.8, 4) is 0 Å². The van der Waals surface area contributed by atoms with E-state index in [1.807, 2.05) is 44.3 Å². The molecular formula is C36H46N4. The minimum Gasteiger partial charge on any atom is -0.319 e. The molecule has 1 aromatic rings.